The van der Waals surface area contributed by atoms with Gasteiger partial charge in [0.1, 0.15) is 5.75 Å². The van der Waals surface area contributed by atoms with Gasteiger partial charge in [-0.2, -0.15) is 0 Å². The molecule has 0 bridgehead atoms. The molecule has 0 fully saturated rings. The maximum absolute atomic E-state index is 5.28. The van der Waals surface area contributed by atoms with Crippen LogP contribution in [0.2, 0.25) is 0 Å². The Morgan fingerprint density at radius 2 is 2.12 bits per heavy atom. The van der Waals surface area contributed by atoms with Crippen LogP contribution in [-0.2, 0) is 0 Å². The zero-order valence-corrected chi connectivity index (χ0v) is 11.4. The van der Waals surface area contributed by atoms with Crippen LogP contribution in [0.1, 0.15) is 24.4 Å². The molecule has 0 aliphatic heterocycles. The first-order chi connectivity index (χ1) is 8.19. The molecule has 1 aromatic rings. The summed E-state index contributed by atoms with van der Waals surface area (Å²) in [4.78, 5) is 2.27. The number of methoxy groups -OCH3 is 1. The van der Waals surface area contributed by atoms with Crippen molar-refractivity contribution in [2.24, 2.45) is 0 Å². The van der Waals surface area contributed by atoms with E-state index in [-0.39, 0.29) is 0 Å². The number of hydrogen-bond donors (Lipinski definition) is 1. The highest BCUT2D eigenvalue weighted by molar-refractivity contribution is 5.30. The molecule has 96 valence electrons. The fourth-order valence-electron chi connectivity index (χ4n) is 2.04. The normalized spacial score (nSPS) is 12.8. The fourth-order valence-corrected chi connectivity index (χ4v) is 2.04. The smallest absolute Gasteiger partial charge is 0.119 e. The van der Waals surface area contributed by atoms with Gasteiger partial charge in [-0.1, -0.05) is 12.1 Å². The second-order valence-corrected chi connectivity index (χ2v) is 4.50. The SMILES string of the molecule is CNCCCC(c1cccc(OC)c1)N(C)C. The molecule has 17 heavy (non-hydrogen) atoms. The Bertz CT molecular complexity index is 326. The number of nitrogens with zero attached hydrogens (tertiary/aromatic N) is 1. The molecule has 0 spiro atoms. The first kappa shape index (κ1) is 14.0. The van der Waals surface area contributed by atoms with Gasteiger partial charge >= 0.3 is 0 Å². The van der Waals surface area contributed by atoms with Crippen molar-refractivity contribution < 1.29 is 4.74 Å². The predicted molar refractivity (Wildman–Crippen MR) is 72.6 cm³/mol. The Morgan fingerprint density at radius 3 is 2.71 bits per heavy atom. The van der Waals surface area contributed by atoms with E-state index in [0.717, 1.165) is 18.7 Å². The molecule has 1 atom stereocenters. The van der Waals surface area contributed by atoms with Crippen LogP contribution >= 0.6 is 0 Å². The van der Waals surface area contributed by atoms with Gasteiger partial charge < -0.3 is 15.0 Å². The van der Waals surface area contributed by atoms with Gasteiger partial charge in [0.05, 0.1) is 7.11 Å². The largest absolute Gasteiger partial charge is 0.497 e. The molecule has 1 aromatic carbocycles. The van der Waals surface area contributed by atoms with Gasteiger partial charge in [0.25, 0.3) is 0 Å². The average molecular weight is 236 g/mol. The summed E-state index contributed by atoms with van der Waals surface area (Å²) in [5, 5.41) is 3.19. The van der Waals surface area contributed by atoms with E-state index in [1.165, 1.54) is 12.0 Å². The highest BCUT2D eigenvalue weighted by Crippen LogP contribution is 2.26. The Hall–Kier alpha value is -1.06. The van der Waals surface area contributed by atoms with Crippen molar-refractivity contribution in [2.75, 3.05) is 34.8 Å². The minimum atomic E-state index is 0.457. The van der Waals surface area contributed by atoms with Crippen LogP contribution < -0.4 is 10.1 Å². The fraction of sp³-hybridized carbons (Fsp3) is 0.571. The molecule has 3 heteroatoms. The lowest BCUT2D eigenvalue weighted by atomic mass is 10.0. The van der Waals surface area contributed by atoms with Crippen LogP contribution in [0.4, 0.5) is 0 Å². The summed E-state index contributed by atoms with van der Waals surface area (Å²) in [6.45, 7) is 1.06. The maximum atomic E-state index is 5.28. The zero-order chi connectivity index (χ0) is 12.7. The van der Waals surface area contributed by atoms with Crippen molar-refractivity contribution in [1.29, 1.82) is 0 Å². The lowest BCUT2D eigenvalue weighted by molar-refractivity contribution is 0.278. The summed E-state index contributed by atoms with van der Waals surface area (Å²) in [7, 11) is 7.97. The quantitative estimate of drug-likeness (QED) is 0.735. The van der Waals surface area contributed by atoms with Crippen LogP contribution in [0, 0.1) is 0 Å². The first-order valence-electron chi connectivity index (χ1n) is 6.14. The van der Waals surface area contributed by atoms with E-state index in [2.05, 4.69) is 42.5 Å². The minimum absolute atomic E-state index is 0.457. The molecule has 1 rings (SSSR count). The Labute approximate surface area is 105 Å². The van der Waals surface area contributed by atoms with Gasteiger partial charge in [-0.05, 0) is 58.2 Å². The maximum Gasteiger partial charge on any atom is 0.119 e. The topological polar surface area (TPSA) is 24.5 Å². The van der Waals surface area contributed by atoms with Gasteiger partial charge in [0, 0.05) is 6.04 Å². The van der Waals surface area contributed by atoms with Gasteiger partial charge in [-0.3, -0.25) is 0 Å². The van der Waals surface area contributed by atoms with Gasteiger partial charge in [0.15, 0.2) is 0 Å². The zero-order valence-electron chi connectivity index (χ0n) is 11.4. The highest BCUT2D eigenvalue weighted by Gasteiger charge is 2.13. The van der Waals surface area contributed by atoms with Crippen molar-refractivity contribution in [3.8, 4) is 5.75 Å². The molecule has 0 saturated heterocycles. The van der Waals surface area contributed by atoms with Crippen LogP contribution in [0.15, 0.2) is 24.3 Å². The minimum Gasteiger partial charge on any atom is -0.497 e. The second-order valence-electron chi connectivity index (χ2n) is 4.50. The summed E-state index contributed by atoms with van der Waals surface area (Å²) < 4.78 is 5.28. The molecular weight excluding hydrogens is 212 g/mol. The monoisotopic (exact) mass is 236 g/mol. The lowest BCUT2D eigenvalue weighted by Crippen LogP contribution is -2.21. The molecule has 0 saturated carbocycles. The van der Waals surface area contributed by atoms with Crippen LogP contribution in [-0.4, -0.2) is 39.7 Å². The third-order valence-corrected chi connectivity index (χ3v) is 3.01. The number of benzene rings is 1. The number of rotatable bonds is 7. The molecule has 0 heterocycles. The highest BCUT2D eigenvalue weighted by atomic mass is 16.5. The van der Waals surface area contributed by atoms with Gasteiger partial charge in [-0.15, -0.1) is 0 Å². The standard InChI is InChI=1S/C14H24N2O/c1-15-10-6-9-14(16(2)3)12-7-5-8-13(11-12)17-4/h5,7-8,11,14-15H,6,9-10H2,1-4H3. The third kappa shape index (κ3) is 4.36. The summed E-state index contributed by atoms with van der Waals surface area (Å²) in [6.07, 6.45) is 2.33. The van der Waals surface area contributed by atoms with E-state index in [0.29, 0.717) is 6.04 Å². The lowest BCUT2D eigenvalue weighted by Gasteiger charge is -2.25. The first-order valence-corrected chi connectivity index (χ1v) is 6.14. The summed E-state index contributed by atoms with van der Waals surface area (Å²) >= 11 is 0. The van der Waals surface area contributed by atoms with Crippen molar-refractivity contribution in [1.82, 2.24) is 10.2 Å². The van der Waals surface area contributed by atoms with Crippen LogP contribution in [0.5, 0.6) is 5.75 Å². The van der Waals surface area contributed by atoms with Crippen LogP contribution in [0.25, 0.3) is 0 Å². The second kappa shape index (κ2) is 7.30. The van der Waals surface area contributed by atoms with Crippen LogP contribution in [0.3, 0.4) is 0 Å². The summed E-state index contributed by atoms with van der Waals surface area (Å²) in [5.74, 6) is 0.933. The average Bonchev–Trinajstić information content (AvgIpc) is 2.34. The van der Waals surface area contributed by atoms with Crippen molar-refractivity contribution in [3.63, 3.8) is 0 Å². The summed E-state index contributed by atoms with van der Waals surface area (Å²) in [6, 6.07) is 8.81. The Morgan fingerprint density at radius 1 is 1.35 bits per heavy atom. The molecule has 0 aliphatic carbocycles. The number of hydrogen-bond acceptors (Lipinski definition) is 3. The van der Waals surface area contributed by atoms with Crippen molar-refractivity contribution in [2.45, 2.75) is 18.9 Å². The molecule has 0 aliphatic rings. The van der Waals surface area contributed by atoms with E-state index < -0.39 is 0 Å². The molecule has 0 aromatic heterocycles. The molecule has 3 nitrogen and oxygen atoms in total. The van der Waals surface area contributed by atoms with E-state index >= 15 is 0 Å². The van der Waals surface area contributed by atoms with Gasteiger partial charge in [0.2, 0.25) is 0 Å². The van der Waals surface area contributed by atoms with E-state index in [4.69, 9.17) is 4.74 Å². The Balaban J connectivity index is 2.74. The van der Waals surface area contributed by atoms with E-state index in [9.17, 15) is 0 Å². The summed E-state index contributed by atoms with van der Waals surface area (Å²) in [5.41, 5.74) is 1.32. The van der Waals surface area contributed by atoms with E-state index in [1.54, 1.807) is 7.11 Å². The molecule has 0 radical (unpaired) electrons. The third-order valence-electron chi connectivity index (χ3n) is 3.01. The molecular formula is C14H24N2O. The predicted octanol–water partition coefficient (Wildman–Crippen LogP) is 2.30. The Kier molecular flexibility index (Phi) is 6.01. The van der Waals surface area contributed by atoms with Gasteiger partial charge in [-0.25, -0.2) is 0 Å². The van der Waals surface area contributed by atoms with Crippen molar-refractivity contribution in [3.05, 3.63) is 29.8 Å². The number of ether oxygens (including phenoxy) is 1. The molecule has 1 unspecified atom stereocenters. The van der Waals surface area contributed by atoms with E-state index in [1.807, 2.05) is 13.1 Å². The molecule has 0 amide bonds. The van der Waals surface area contributed by atoms with Crippen molar-refractivity contribution >= 4 is 0 Å². The number of nitrogens with one attached hydrogen (secondary N) is 1. The molecule has 1 N–H and O–H groups in total.